The highest BCUT2D eigenvalue weighted by atomic mass is 15.1. The largest absolute Gasteiger partial charge is 0.317 e. The monoisotopic (exact) mass is 232 g/mol. The average Bonchev–Trinajstić information content (AvgIpc) is 2.28. The molecule has 1 N–H and O–H groups in total. The summed E-state index contributed by atoms with van der Waals surface area (Å²) in [5.41, 5.74) is 4.22. The first-order chi connectivity index (χ1) is 8.17. The van der Waals surface area contributed by atoms with Crippen LogP contribution in [0.15, 0.2) is 18.2 Å². The van der Waals surface area contributed by atoms with E-state index in [9.17, 15) is 0 Å². The van der Waals surface area contributed by atoms with E-state index in [4.69, 9.17) is 0 Å². The molecule has 0 bridgehead atoms. The number of piperidine rings is 1. The lowest BCUT2D eigenvalue weighted by Gasteiger charge is -2.31. The molecule has 2 rings (SSSR count). The minimum absolute atomic E-state index is 0.727. The van der Waals surface area contributed by atoms with Crippen LogP contribution in [0.1, 0.15) is 29.5 Å². The van der Waals surface area contributed by atoms with Gasteiger partial charge < -0.3 is 5.32 Å². The van der Waals surface area contributed by atoms with Gasteiger partial charge in [0.15, 0.2) is 0 Å². The Hall–Kier alpha value is -0.860. The maximum atomic E-state index is 3.38. The first kappa shape index (κ1) is 12.6. The summed E-state index contributed by atoms with van der Waals surface area (Å²) in [5.74, 6) is 0. The van der Waals surface area contributed by atoms with Crippen molar-refractivity contribution in [2.24, 2.45) is 0 Å². The number of rotatable bonds is 3. The predicted octanol–water partition coefficient (Wildman–Crippen LogP) is 2.49. The Labute approximate surface area is 105 Å². The molecule has 0 spiro atoms. The third-order valence-corrected chi connectivity index (χ3v) is 3.68. The second-order valence-electron chi connectivity index (χ2n) is 5.34. The van der Waals surface area contributed by atoms with Crippen molar-refractivity contribution in [3.05, 3.63) is 34.9 Å². The zero-order valence-corrected chi connectivity index (χ0v) is 11.3. The molecule has 0 amide bonds. The summed E-state index contributed by atoms with van der Waals surface area (Å²) in [7, 11) is 2.07. The molecule has 1 fully saturated rings. The van der Waals surface area contributed by atoms with Gasteiger partial charge in [-0.1, -0.05) is 29.3 Å². The van der Waals surface area contributed by atoms with Crippen molar-refractivity contribution in [1.29, 1.82) is 0 Å². The molecule has 1 aliphatic rings. The van der Waals surface area contributed by atoms with Crippen molar-refractivity contribution >= 4 is 0 Å². The SMILES string of the molecule is CNC1CCN(Cc2cc(C)cc(C)c2)CC1. The van der Waals surface area contributed by atoms with Crippen molar-refractivity contribution in [2.75, 3.05) is 20.1 Å². The van der Waals surface area contributed by atoms with E-state index < -0.39 is 0 Å². The average molecular weight is 232 g/mol. The van der Waals surface area contributed by atoms with Gasteiger partial charge in [0, 0.05) is 12.6 Å². The van der Waals surface area contributed by atoms with Gasteiger partial charge in [0.2, 0.25) is 0 Å². The van der Waals surface area contributed by atoms with Crippen molar-refractivity contribution < 1.29 is 0 Å². The Bertz CT molecular complexity index is 345. The third kappa shape index (κ3) is 3.55. The molecule has 0 aromatic heterocycles. The zero-order valence-electron chi connectivity index (χ0n) is 11.3. The molecule has 0 atom stereocenters. The lowest BCUT2D eigenvalue weighted by atomic mass is 10.0. The second-order valence-corrected chi connectivity index (χ2v) is 5.34. The fourth-order valence-corrected chi connectivity index (χ4v) is 2.80. The van der Waals surface area contributed by atoms with E-state index in [-0.39, 0.29) is 0 Å². The Morgan fingerprint density at radius 2 is 1.71 bits per heavy atom. The van der Waals surface area contributed by atoms with E-state index in [1.165, 1.54) is 42.6 Å². The van der Waals surface area contributed by atoms with Gasteiger partial charge in [-0.15, -0.1) is 0 Å². The first-order valence-corrected chi connectivity index (χ1v) is 6.64. The Balaban J connectivity index is 1.93. The minimum atomic E-state index is 0.727. The van der Waals surface area contributed by atoms with E-state index in [1.807, 2.05) is 0 Å². The number of nitrogens with one attached hydrogen (secondary N) is 1. The Morgan fingerprint density at radius 3 is 2.24 bits per heavy atom. The van der Waals surface area contributed by atoms with Gasteiger partial charge in [-0.05, 0) is 52.4 Å². The van der Waals surface area contributed by atoms with E-state index in [1.54, 1.807) is 0 Å². The van der Waals surface area contributed by atoms with Crippen LogP contribution in [0.3, 0.4) is 0 Å². The maximum Gasteiger partial charge on any atom is 0.0233 e. The van der Waals surface area contributed by atoms with E-state index in [0.717, 1.165) is 12.6 Å². The summed E-state index contributed by atoms with van der Waals surface area (Å²) in [5, 5.41) is 3.38. The smallest absolute Gasteiger partial charge is 0.0233 e. The molecule has 1 aromatic rings. The number of likely N-dealkylation sites (tertiary alicyclic amines) is 1. The summed E-state index contributed by atoms with van der Waals surface area (Å²) in [6.07, 6.45) is 2.56. The van der Waals surface area contributed by atoms with Crippen LogP contribution in [0.25, 0.3) is 0 Å². The van der Waals surface area contributed by atoms with Crippen molar-refractivity contribution in [1.82, 2.24) is 10.2 Å². The highest BCUT2D eigenvalue weighted by molar-refractivity contribution is 5.28. The van der Waals surface area contributed by atoms with Gasteiger partial charge >= 0.3 is 0 Å². The van der Waals surface area contributed by atoms with E-state index >= 15 is 0 Å². The standard InChI is InChI=1S/C15H24N2/c1-12-8-13(2)10-14(9-12)11-17-6-4-15(16-3)5-7-17/h8-10,15-16H,4-7,11H2,1-3H3. The molecule has 0 unspecified atom stereocenters. The summed E-state index contributed by atoms with van der Waals surface area (Å²) in [6, 6.07) is 7.61. The summed E-state index contributed by atoms with van der Waals surface area (Å²) in [4.78, 5) is 2.57. The molecule has 17 heavy (non-hydrogen) atoms. The zero-order chi connectivity index (χ0) is 12.3. The molecule has 94 valence electrons. The quantitative estimate of drug-likeness (QED) is 0.861. The summed E-state index contributed by atoms with van der Waals surface area (Å²) < 4.78 is 0. The van der Waals surface area contributed by atoms with Gasteiger partial charge in [-0.3, -0.25) is 4.90 Å². The van der Waals surface area contributed by atoms with Crippen LogP contribution in [0.5, 0.6) is 0 Å². The van der Waals surface area contributed by atoms with Crippen molar-refractivity contribution in [3.8, 4) is 0 Å². The molecule has 2 nitrogen and oxygen atoms in total. The molecule has 2 heteroatoms. The minimum Gasteiger partial charge on any atom is -0.317 e. The van der Waals surface area contributed by atoms with E-state index in [2.05, 4.69) is 49.3 Å². The van der Waals surface area contributed by atoms with Crippen molar-refractivity contribution in [3.63, 3.8) is 0 Å². The van der Waals surface area contributed by atoms with Crippen LogP contribution in [0.2, 0.25) is 0 Å². The predicted molar refractivity (Wildman–Crippen MR) is 73.3 cm³/mol. The fraction of sp³-hybridized carbons (Fsp3) is 0.600. The van der Waals surface area contributed by atoms with E-state index in [0.29, 0.717) is 0 Å². The highest BCUT2D eigenvalue weighted by Crippen LogP contribution is 2.15. The number of aryl methyl sites for hydroxylation is 2. The Kier molecular flexibility index (Phi) is 4.19. The molecule has 0 aliphatic carbocycles. The Morgan fingerprint density at radius 1 is 1.12 bits per heavy atom. The molecule has 1 heterocycles. The number of nitrogens with zero attached hydrogens (tertiary/aromatic N) is 1. The number of benzene rings is 1. The van der Waals surface area contributed by atoms with Crippen LogP contribution in [0.4, 0.5) is 0 Å². The number of hydrogen-bond donors (Lipinski definition) is 1. The molecule has 1 aromatic carbocycles. The molecular weight excluding hydrogens is 208 g/mol. The highest BCUT2D eigenvalue weighted by Gasteiger charge is 2.17. The van der Waals surface area contributed by atoms with Crippen LogP contribution < -0.4 is 5.32 Å². The molecule has 1 saturated heterocycles. The fourth-order valence-electron chi connectivity index (χ4n) is 2.80. The lowest BCUT2D eigenvalue weighted by molar-refractivity contribution is 0.194. The van der Waals surface area contributed by atoms with Crippen LogP contribution in [0, 0.1) is 13.8 Å². The van der Waals surface area contributed by atoms with Crippen LogP contribution in [-0.4, -0.2) is 31.1 Å². The van der Waals surface area contributed by atoms with Gasteiger partial charge in [0.1, 0.15) is 0 Å². The second kappa shape index (κ2) is 5.65. The lowest BCUT2D eigenvalue weighted by Crippen LogP contribution is -2.40. The van der Waals surface area contributed by atoms with Gasteiger partial charge in [0.25, 0.3) is 0 Å². The third-order valence-electron chi connectivity index (χ3n) is 3.68. The normalized spacial score (nSPS) is 18.5. The molecule has 0 radical (unpaired) electrons. The molecule has 0 saturated carbocycles. The van der Waals surface area contributed by atoms with Gasteiger partial charge in [-0.25, -0.2) is 0 Å². The first-order valence-electron chi connectivity index (χ1n) is 6.64. The van der Waals surface area contributed by atoms with Crippen molar-refractivity contribution in [2.45, 2.75) is 39.3 Å². The molecular formula is C15H24N2. The summed E-state index contributed by atoms with van der Waals surface area (Å²) in [6.45, 7) is 7.92. The number of hydrogen-bond acceptors (Lipinski definition) is 2. The van der Waals surface area contributed by atoms with Gasteiger partial charge in [-0.2, -0.15) is 0 Å². The summed E-state index contributed by atoms with van der Waals surface area (Å²) >= 11 is 0. The van der Waals surface area contributed by atoms with Crippen LogP contribution in [-0.2, 0) is 6.54 Å². The maximum absolute atomic E-state index is 3.38. The topological polar surface area (TPSA) is 15.3 Å². The van der Waals surface area contributed by atoms with Gasteiger partial charge in [0.05, 0.1) is 0 Å². The molecule has 1 aliphatic heterocycles. The van der Waals surface area contributed by atoms with Crippen LogP contribution >= 0.6 is 0 Å².